The van der Waals surface area contributed by atoms with Gasteiger partial charge in [-0.25, -0.2) is 0 Å². The number of benzene rings is 1. The first-order valence-electron chi connectivity index (χ1n) is 4.16. The van der Waals surface area contributed by atoms with Gasteiger partial charge in [0.1, 0.15) is 12.4 Å². The Morgan fingerprint density at radius 1 is 1.57 bits per heavy atom. The minimum Gasteiger partial charge on any atom is -0.488 e. The molecule has 14 heavy (non-hydrogen) atoms. The molecule has 0 spiro atoms. The second-order valence-electron chi connectivity index (χ2n) is 2.89. The van der Waals surface area contributed by atoms with Crippen LogP contribution in [0, 0.1) is 0 Å². The molecule has 0 bridgehead atoms. The molecule has 0 aliphatic rings. The molecule has 0 aliphatic carbocycles. The van der Waals surface area contributed by atoms with E-state index < -0.39 is 0 Å². The van der Waals surface area contributed by atoms with Crippen molar-refractivity contribution in [1.82, 2.24) is 0 Å². The highest BCUT2D eigenvalue weighted by molar-refractivity contribution is 6.29. The number of hydrogen-bond acceptors (Lipinski definition) is 2. The monoisotopic (exact) mass is 210 g/mol. The fourth-order valence-corrected chi connectivity index (χ4v) is 1.02. The van der Waals surface area contributed by atoms with Gasteiger partial charge >= 0.3 is 0 Å². The molecule has 0 aliphatic heterocycles. The van der Waals surface area contributed by atoms with Crippen molar-refractivity contribution in [3.8, 4) is 5.75 Å². The average molecular weight is 211 g/mol. The summed E-state index contributed by atoms with van der Waals surface area (Å²) in [4.78, 5) is 11.0. The number of halogens is 1. The smallest absolute Gasteiger partial charge is 0.159 e. The standard InChI is InChI=1S/C11H11ClO2/c1-8(12)7-14-11-5-3-4-10(6-11)9(2)13/h3-6H,1,7H2,2H3. The lowest BCUT2D eigenvalue weighted by atomic mass is 10.1. The Kier molecular flexibility index (Phi) is 3.72. The normalized spacial score (nSPS) is 9.57. The summed E-state index contributed by atoms with van der Waals surface area (Å²) in [5.74, 6) is 0.639. The van der Waals surface area contributed by atoms with Crippen molar-refractivity contribution in [3.63, 3.8) is 0 Å². The minimum atomic E-state index is 0.0140. The maximum atomic E-state index is 11.0. The van der Waals surface area contributed by atoms with Crippen LogP contribution in [0.1, 0.15) is 17.3 Å². The number of Topliss-reactive ketones (excluding diaryl/α,β-unsaturated/α-hetero) is 1. The van der Waals surface area contributed by atoms with E-state index in [4.69, 9.17) is 16.3 Å². The van der Waals surface area contributed by atoms with Crippen molar-refractivity contribution in [2.75, 3.05) is 6.61 Å². The van der Waals surface area contributed by atoms with Gasteiger partial charge in [-0.15, -0.1) is 0 Å². The Balaban J connectivity index is 2.73. The first-order valence-corrected chi connectivity index (χ1v) is 4.54. The Labute approximate surface area is 88.1 Å². The van der Waals surface area contributed by atoms with Gasteiger partial charge in [0, 0.05) is 10.6 Å². The largest absolute Gasteiger partial charge is 0.488 e. The Hall–Kier alpha value is -1.28. The number of hydrogen-bond donors (Lipinski definition) is 0. The highest BCUT2D eigenvalue weighted by Gasteiger charge is 2.00. The third kappa shape index (κ3) is 3.23. The van der Waals surface area contributed by atoms with Crippen LogP contribution in [0.5, 0.6) is 5.75 Å². The SMILES string of the molecule is C=C(Cl)COc1cccc(C(C)=O)c1. The summed E-state index contributed by atoms with van der Waals surface area (Å²) in [5.41, 5.74) is 0.627. The molecule has 1 aromatic carbocycles. The summed E-state index contributed by atoms with van der Waals surface area (Å²) in [6, 6.07) is 6.96. The highest BCUT2D eigenvalue weighted by Crippen LogP contribution is 2.14. The second-order valence-corrected chi connectivity index (χ2v) is 3.42. The van der Waals surface area contributed by atoms with E-state index in [0.29, 0.717) is 16.3 Å². The molecule has 0 radical (unpaired) electrons. The van der Waals surface area contributed by atoms with Crippen molar-refractivity contribution in [1.29, 1.82) is 0 Å². The summed E-state index contributed by atoms with van der Waals surface area (Å²) < 4.78 is 5.27. The molecule has 0 saturated heterocycles. The maximum absolute atomic E-state index is 11.0. The van der Waals surface area contributed by atoms with Crippen molar-refractivity contribution in [2.45, 2.75) is 6.92 Å². The van der Waals surface area contributed by atoms with Crippen LogP contribution in [0.4, 0.5) is 0 Å². The number of rotatable bonds is 4. The lowest BCUT2D eigenvalue weighted by molar-refractivity contribution is 0.101. The summed E-state index contributed by atoms with van der Waals surface area (Å²) >= 11 is 5.54. The van der Waals surface area contributed by atoms with E-state index in [1.54, 1.807) is 24.3 Å². The first kappa shape index (κ1) is 10.8. The van der Waals surface area contributed by atoms with Crippen molar-refractivity contribution >= 4 is 17.4 Å². The molecule has 0 N–H and O–H groups in total. The molecule has 0 unspecified atom stereocenters. The number of carbonyl (C=O) groups is 1. The van der Waals surface area contributed by atoms with Crippen molar-refractivity contribution in [3.05, 3.63) is 41.4 Å². The van der Waals surface area contributed by atoms with E-state index in [0.717, 1.165) is 0 Å². The van der Waals surface area contributed by atoms with Gasteiger partial charge in [0.15, 0.2) is 5.78 Å². The lowest BCUT2D eigenvalue weighted by Gasteiger charge is -2.05. The van der Waals surface area contributed by atoms with Gasteiger partial charge in [0.2, 0.25) is 0 Å². The number of carbonyl (C=O) groups excluding carboxylic acids is 1. The van der Waals surface area contributed by atoms with E-state index in [9.17, 15) is 4.79 Å². The lowest BCUT2D eigenvalue weighted by Crippen LogP contribution is -1.98. The van der Waals surface area contributed by atoms with Gasteiger partial charge < -0.3 is 4.74 Å². The highest BCUT2D eigenvalue weighted by atomic mass is 35.5. The summed E-state index contributed by atoms with van der Waals surface area (Å²) in [7, 11) is 0. The molecule has 1 aromatic rings. The molecular weight excluding hydrogens is 200 g/mol. The molecule has 0 aromatic heterocycles. The molecule has 1 rings (SSSR count). The van der Waals surface area contributed by atoms with E-state index in [1.165, 1.54) is 6.92 Å². The summed E-state index contributed by atoms with van der Waals surface area (Å²) in [6.45, 7) is 5.27. The van der Waals surface area contributed by atoms with Gasteiger partial charge in [-0.3, -0.25) is 4.79 Å². The topological polar surface area (TPSA) is 26.3 Å². The maximum Gasteiger partial charge on any atom is 0.159 e. The molecule has 0 atom stereocenters. The third-order valence-corrected chi connectivity index (χ3v) is 1.75. The Bertz CT molecular complexity index is 358. The van der Waals surface area contributed by atoms with E-state index >= 15 is 0 Å². The zero-order valence-electron chi connectivity index (χ0n) is 7.92. The van der Waals surface area contributed by atoms with Crippen LogP contribution >= 0.6 is 11.6 Å². The zero-order valence-corrected chi connectivity index (χ0v) is 8.67. The minimum absolute atomic E-state index is 0.0140. The Morgan fingerprint density at radius 2 is 2.29 bits per heavy atom. The second kappa shape index (κ2) is 4.82. The molecular formula is C11H11ClO2. The summed E-state index contributed by atoms with van der Waals surface area (Å²) in [6.07, 6.45) is 0. The predicted octanol–water partition coefficient (Wildman–Crippen LogP) is 3.02. The zero-order chi connectivity index (χ0) is 10.6. The van der Waals surface area contributed by atoms with Gasteiger partial charge in [-0.05, 0) is 19.1 Å². The molecule has 3 heteroatoms. The molecule has 0 fully saturated rings. The Morgan fingerprint density at radius 3 is 2.86 bits per heavy atom. The van der Waals surface area contributed by atoms with Crippen LogP contribution in [0.25, 0.3) is 0 Å². The van der Waals surface area contributed by atoms with Crippen LogP contribution in [0.2, 0.25) is 0 Å². The average Bonchev–Trinajstić information content (AvgIpc) is 2.15. The number of ketones is 1. The summed E-state index contributed by atoms with van der Waals surface area (Å²) in [5, 5.41) is 0.429. The molecule has 0 heterocycles. The van der Waals surface area contributed by atoms with Crippen molar-refractivity contribution < 1.29 is 9.53 Å². The fraction of sp³-hybridized carbons (Fsp3) is 0.182. The quantitative estimate of drug-likeness (QED) is 0.715. The van der Waals surface area contributed by atoms with Gasteiger partial charge in [0.25, 0.3) is 0 Å². The molecule has 0 saturated carbocycles. The van der Waals surface area contributed by atoms with E-state index in [-0.39, 0.29) is 12.4 Å². The van der Waals surface area contributed by atoms with Crippen LogP contribution in [0.3, 0.4) is 0 Å². The molecule has 2 nitrogen and oxygen atoms in total. The number of ether oxygens (including phenoxy) is 1. The molecule has 74 valence electrons. The third-order valence-electron chi connectivity index (χ3n) is 1.64. The van der Waals surface area contributed by atoms with Crippen LogP contribution in [-0.4, -0.2) is 12.4 Å². The van der Waals surface area contributed by atoms with Crippen LogP contribution < -0.4 is 4.74 Å². The van der Waals surface area contributed by atoms with Crippen LogP contribution in [-0.2, 0) is 0 Å². The first-order chi connectivity index (χ1) is 6.59. The van der Waals surface area contributed by atoms with E-state index in [2.05, 4.69) is 6.58 Å². The van der Waals surface area contributed by atoms with Gasteiger partial charge in [-0.2, -0.15) is 0 Å². The predicted molar refractivity (Wildman–Crippen MR) is 56.9 cm³/mol. The van der Waals surface area contributed by atoms with Crippen molar-refractivity contribution in [2.24, 2.45) is 0 Å². The van der Waals surface area contributed by atoms with Crippen LogP contribution in [0.15, 0.2) is 35.9 Å². The van der Waals surface area contributed by atoms with Gasteiger partial charge in [0.05, 0.1) is 0 Å². The fourth-order valence-electron chi connectivity index (χ4n) is 0.967. The molecule has 0 amide bonds. The van der Waals surface area contributed by atoms with Gasteiger partial charge in [-0.1, -0.05) is 30.3 Å². The van der Waals surface area contributed by atoms with E-state index in [1.807, 2.05) is 0 Å².